The molecule has 12 heteroatoms. The summed E-state index contributed by atoms with van der Waals surface area (Å²) >= 11 is 3.23. The molecular formula is C19H22BrN3O7S. The average Bonchev–Trinajstić information content (AvgIpc) is 2.75. The van der Waals surface area contributed by atoms with E-state index in [0.717, 1.165) is 0 Å². The van der Waals surface area contributed by atoms with Gasteiger partial charge in [0.1, 0.15) is 0 Å². The van der Waals surface area contributed by atoms with E-state index in [2.05, 4.69) is 21.2 Å². The van der Waals surface area contributed by atoms with Gasteiger partial charge >= 0.3 is 0 Å². The number of ether oxygens (including phenoxy) is 2. The third kappa shape index (κ3) is 6.55. The Hall–Kier alpha value is -2.38. The van der Waals surface area contributed by atoms with Crippen LogP contribution in [0.2, 0.25) is 0 Å². The maximum absolute atomic E-state index is 12.9. The number of rotatable bonds is 11. The number of benzene rings is 2. The number of nitro groups is 1. The first-order valence-electron chi connectivity index (χ1n) is 9.04. The van der Waals surface area contributed by atoms with Crippen LogP contribution in [0.3, 0.4) is 0 Å². The monoisotopic (exact) mass is 515 g/mol. The lowest BCUT2D eigenvalue weighted by Gasteiger charge is -2.21. The third-order valence-electron chi connectivity index (χ3n) is 4.25. The van der Waals surface area contributed by atoms with E-state index < -0.39 is 20.9 Å². The van der Waals surface area contributed by atoms with Crippen LogP contribution in [-0.4, -0.2) is 64.1 Å². The molecule has 0 atom stereocenters. The number of nitrogens with one attached hydrogen (secondary N) is 1. The van der Waals surface area contributed by atoms with Gasteiger partial charge in [-0.2, -0.15) is 4.31 Å². The quantitative estimate of drug-likeness (QED) is 0.359. The highest BCUT2D eigenvalue weighted by Gasteiger charge is 2.24. The normalized spacial score (nSPS) is 11.5. The fourth-order valence-electron chi connectivity index (χ4n) is 2.58. The van der Waals surface area contributed by atoms with Gasteiger partial charge < -0.3 is 14.8 Å². The number of hydrogen-bond donors (Lipinski definition) is 1. The van der Waals surface area contributed by atoms with Gasteiger partial charge in [0.05, 0.1) is 28.7 Å². The lowest BCUT2D eigenvalue weighted by molar-refractivity contribution is -0.384. The van der Waals surface area contributed by atoms with Crippen LogP contribution in [0.1, 0.15) is 10.4 Å². The SMILES string of the molecule is COCCN(CCOC)S(=O)(=O)c1ccc(C(=O)Nc2cc([N+](=O)[O-])ccc2Br)cc1. The molecule has 2 rings (SSSR count). The Bertz CT molecular complexity index is 1020. The number of nitrogens with zero attached hydrogens (tertiary/aromatic N) is 2. The lowest BCUT2D eigenvalue weighted by atomic mass is 10.2. The van der Waals surface area contributed by atoms with E-state index >= 15 is 0 Å². The van der Waals surface area contributed by atoms with E-state index in [1.54, 1.807) is 0 Å². The summed E-state index contributed by atoms with van der Waals surface area (Å²) < 4.78 is 37.5. The number of halogens is 1. The van der Waals surface area contributed by atoms with E-state index in [1.807, 2.05) is 0 Å². The molecule has 0 unspecified atom stereocenters. The molecule has 0 fully saturated rings. The van der Waals surface area contributed by atoms with E-state index in [0.29, 0.717) is 4.47 Å². The first-order chi connectivity index (χ1) is 14.7. The molecule has 0 aliphatic heterocycles. The molecule has 0 aromatic heterocycles. The van der Waals surface area contributed by atoms with E-state index in [4.69, 9.17) is 9.47 Å². The number of carbonyl (C=O) groups excluding carboxylic acids is 1. The van der Waals surface area contributed by atoms with Crippen LogP contribution in [0.4, 0.5) is 11.4 Å². The van der Waals surface area contributed by atoms with Crippen molar-refractivity contribution in [1.82, 2.24) is 4.31 Å². The zero-order chi connectivity index (χ0) is 23.0. The molecular weight excluding hydrogens is 494 g/mol. The first-order valence-corrected chi connectivity index (χ1v) is 11.3. The molecule has 0 bridgehead atoms. The highest BCUT2D eigenvalue weighted by molar-refractivity contribution is 9.10. The lowest BCUT2D eigenvalue weighted by Crippen LogP contribution is -2.36. The maximum atomic E-state index is 12.9. The Kier molecular flexibility index (Phi) is 9.07. The predicted octanol–water partition coefficient (Wildman–Crippen LogP) is 2.89. The Morgan fingerprint density at radius 1 is 1.10 bits per heavy atom. The molecule has 0 heterocycles. The largest absolute Gasteiger partial charge is 0.383 e. The number of nitro benzene ring substituents is 1. The molecule has 0 aliphatic rings. The minimum Gasteiger partial charge on any atom is -0.383 e. The maximum Gasteiger partial charge on any atom is 0.271 e. The second-order valence-corrected chi connectivity index (χ2v) is 9.08. The fraction of sp³-hybridized carbons (Fsp3) is 0.316. The zero-order valence-corrected chi connectivity index (χ0v) is 19.3. The van der Waals surface area contributed by atoms with Crippen molar-refractivity contribution < 1.29 is 27.6 Å². The molecule has 0 aliphatic carbocycles. The fourth-order valence-corrected chi connectivity index (χ4v) is 4.34. The predicted molar refractivity (Wildman–Crippen MR) is 118 cm³/mol. The summed E-state index contributed by atoms with van der Waals surface area (Å²) in [7, 11) is -0.849. The van der Waals surface area contributed by atoms with Crippen LogP contribution in [-0.2, 0) is 19.5 Å². The van der Waals surface area contributed by atoms with Crippen molar-refractivity contribution in [1.29, 1.82) is 0 Å². The van der Waals surface area contributed by atoms with Crippen LogP contribution >= 0.6 is 15.9 Å². The Balaban J connectivity index is 2.21. The molecule has 1 N–H and O–H groups in total. The molecule has 1 amide bonds. The Labute approximate surface area is 188 Å². The van der Waals surface area contributed by atoms with Gasteiger partial charge in [-0.3, -0.25) is 14.9 Å². The summed E-state index contributed by atoms with van der Waals surface area (Å²) in [5.41, 5.74) is 0.242. The summed E-state index contributed by atoms with van der Waals surface area (Å²) in [6.45, 7) is 0.763. The Morgan fingerprint density at radius 2 is 1.68 bits per heavy atom. The zero-order valence-electron chi connectivity index (χ0n) is 16.9. The number of anilines is 1. The molecule has 31 heavy (non-hydrogen) atoms. The van der Waals surface area contributed by atoms with E-state index in [9.17, 15) is 23.3 Å². The number of non-ortho nitro benzene ring substituents is 1. The van der Waals surface area contributed by atoms with Gasteiger partial charge in [0.25, 0.3) is 11.6 Å². The number of hydrogen-bond acceptors (Lipinski definition) is 7. The standard InChI is InChI=1S/C19H22BrN3O7S/c1-29-11-9-22(10-12-30-2)31(27,28)16-6-3-14(4-7-16)19(24)21-18-13-15(23(25)26)5-8-17(18)20/h3-8,13H,9-12H2,1-2H3,(H,21,24). The van der Waals surface area contributed by atoms with Crippen molar-refractivity contribution in [3.8, 4) is 0 Å². The molecule has 168 valence electrons. The summed E-state index contributed by atoms with van der Waals surface area (Å²) in [5, 5.41) is 13.5. The highest BCUT2D eigenvalue weighted by Crippen LogP contribution is 2.27. The molecule has 0 saturated heterocycles. The molecule has 0 saturated carbocycles. The molecule has 2 aromatic rings. The van der Waals surface area contributed by atoms with E-state index in [1.165, 1.54) is 61.0 Å². The molecule has 0 radical (unpaired) electrons. The van der Waals surface area contributed by atoms with Gasteiger partial charge in [0, 0.05) is 49.5 Å². The van der Waals surface area contributed by atoms with Gasteiger partial charge in [-0.05, 0) is 46.3 Å². The van der Waals surface area contributed by atoms with Gasteiger partial charge in [0.2, 0.25) is 10.0 Å². The number of methoxy groups -OCH3 is 2. The molecule has 10 nitrogen and oxygen atoms in total. The summed E-state index contributed by atoms with van der Waals surface area (Å²) in [4.78, 5) is 22.9. The average molecular weight is 516 g/mol. The van der Waals surface area contributed by atoms with E-state index in [-0.39, 0.29) is 48.1 Å². The molecule has 0 spiro atoms. The van der Waals surface area contributed by atoms with Crippen LogP contribution in [0.25, 0.3) is 0 Å². The van der Waals surface area contributed by atoms with Gasteiger partial charge in [-0.25, -0.2) is 8.42 Å². The van der Waals surface area contributed by atoms with Gasteiger partial charge in [-0.15, -0.1) is 0 Å². The van der Waals surface area contributed by atoms with Gasteiger partial charge in [-0.1, -0.05) is 0 Å². The second kappa shape index (κ2) is 11.3. The van der Waals surface area contributed by atoms with Crippen LogP contribution in [0, 0.1) is 10.1 Å². The van der Waals surface area contributed by atoms with Gasteiger partial charge in [0.15, 0.2) is 0 Å². The number of sulfonamides is 1. The molecule has 2 aromatic carbocycles. The van der Waals surface area contributed by atoms with Crippen molar-refractivity contribution in [3.05, 3.63) is 62.6 Å². The topological polar surface area (TPSA) is 128 Å². The van der Waals surface area contributed by atoms with Crippen molar-refractivity contribution >= 4 is 43.2 Å². The number of amides is 1. The van der Waals surface area contributed by atoms with Crippen LogP contribution in [0.5, 0.6) is 0 Å². The summed E-state index contributed by atoms with van der Waals surface area (Å²) in [6.07, 6.45) is 0. The number of carbonyl (C=O) groups is 1. The first kappa shape index (κ1) is 24.9. The van der Waals surface area contributed by atoms with Crippen molar-refractivity contribution in [2.24, 2.45) is 0 Å². The second-order valence-electron chi connectivity index (χ2n) is 6.29. The van der Waals surface area contributed by atoms with Crippen LogP contribution < -0.4 is 5.32 Å². The smallest absolute Gasteiger partial charge is 0.271 e. The van der Waals surface area contributed by atoms with Crippen LogP contribution in [0.15, 0.2) is 51.8 Å². The minimum atomic E-state index is -3.81. The minimum absolute atomic E-state index is 0.0211. The highest BCUT2D eigenvalue weighted by atomic mass is 79.9. The summed E-state index contributed by atoms with van der Waals surface area (Å²) in [5.74, 6) is -0.541. The van der Waals surface area contributed by atoms with Crippen molar-refractivity contribution in [3.63, 3.8) is 0 Å². The third-order valence-corrected chi connectivity index (χ3v) is 6.86. The van der Waals surface area contributed by atoms with Crippen molar-refractivity contribution in [2.75, 3.05) is 45.8 Å². The van der Waals surface area contributed by atoms with Crippen molar-refractivity contribution in [2.45, 2.75) is 4.90 Å². The Morgan fingerprint density at radius 3 is 2.19 bits per heavy atom. The summed E-state index contributed by atoms with van der Waals surface area (Å²) in [6, 6.07) is 9.40.